The average molecular weight is 359 g/mol. The minimum absolute atomic E-state index is 0.110. The maximum Gasteiger partial charge on any atom is 0.265 e. The molecule has 24 heavy (non-hydrogen) atoms. The topological polar surface area (TPSA) is 72.7 Å². The number of carbonyl (C=O) groups is 1. The largest absolute Gasteiger partial charge is 0.349 e. The van der Waals surface area contributed by atoms with Gasteiger partial charge in [0, 0.05) is 18.2 Å². The van der Waals surface area contributed by atoms with Crippen molar-refractivity contribution in [3.8, 4) is 10.6 Å². The van der Waals surface area contributed by atoms with Gasteiger partial charge in [-0.15, -0.1) is 16.4 Å². The number of aryl methyl sites for hydroxylation is 1. The Bertz CT molecular complexity index is 848. The lowest BCUT2D eigenvalue weighted by Gasteiger charge is -2.07. The van der Waals surface area contributed by atoms with E-state index in [4.69, 9.17) is 5.10 Å². The summed E-state index contributed by atoms with van der Waals surface area (Å²) in [7, 11) is 0. The first-order chi connectivity index (χ1) is 11.7. The Kier molecular flexibility index (Phi) is 4.15. The van der Waals surface area contributed by atoms with E-state index in [1.54, 1.807) is 18.3 Å². The van der Waals surface area contributed by atoms with Crippen LogP contribution in [0.25, 0.3) is 10.6 Å². The molecule has 4 rings (SSSR count). The van der Waals surface area contributed by atoms with E-state index in [1.165, 1.54) is 23.4 Å². The highest BCUT2D eigenvalue weighted by molar-refractivity contribution is 7.13. The number of rotatable bonds is 6. The average Bonchev–Trinajstić information content (AvgIpc) is 2.99. The number of thiophene rings is 1. The van der Waals surface area contributed by atoms with Crippen molar-refractivity contribution in [1.82, 2.24) is 24.7 Å². The van der Waals surface area contributed by atoms with E-state index in [0.29, 0.717) is 29.6 Å². The van der Waals surface area contributed by atoms with Crippen molar-refractivity contribution in [2.24, 2.45) is 0 Å². The zero-order valence-corrected chi connectivity index (χ0v) is 14.9. The molecule has 0 aliphatic heterocycles. The summed E-state index contributed by atoms with van der Waals surface area (Å²) in [6, 6.07) is 6.33. The van der Waals surface area contributed by atoms with Crippen LogP contribution < -0.4 is 5.32 Å². The minimum atomic E-state index is -0.110. The monoisotopic (exact) mass is 359 g/mol. The first kappa shape index (κ1) is 15.5. The summed E-state index contributed by atoms with van der Waals surface area (Å²) in [6.45, 7) is 3.01. The van der Waals surface area contributed by atoms with E-state index in [2.05, 4.69) is 32.4 Å². The van der Waals surface area contributed by atoms with Crippen LogP contribution in [0.1, 0.15) is 39.8 Å². The van der Waals surface area contributed by atoms with E-state index >= 15 is 0 Å². The van der Waals surface area contributed by atoms with Gasteiger partial charge >= 0.3 is 0 Å². The highest BCUT2D eigenvalue weighted by Gasteiger charge is 2.28. The van der Waals surface area contributed by atoms with Crippen molar-refractivity contribution < 1.29 is 4.79 Å². The number of hydrogen-bond donors (Lipinski definition) is 1. The second-order valence-electron chi connectivity index (χ2n) is 5.87. The summed E-state index contributed by atoms with van der Waals surface area (Å²) in [6.07, 6.45) is 2.46. The van der Waals surface area contributed by atoms with Crippen LogP contribution >= 0.6 is 22.9 Å². The first-order valence-corrected chi connectivity index (χ1v) is 9.56. The first-order valence-electron chi connectivity index (χ1n) is 7.91. The van der Waals surface area contributed by atoms with E-state index < -0.39 is 0 Å². The number of aromatic nitrogens is 4. The molecule has 0 unspecified atom stereocenters. The van der Waals surface area contributed by atoms with Gasteiger partial charge in [-0.05, 0) is 48.8 Å². The minimum Gasteiger partial charge on any atom is -0.349 e. The molecule has 1 aliphatic rings. The smallest absolute Gasteiger partial charge is 0.265 e. The van der Waals surface area contributed by atoms with Gasteiger partial charge in [0.2, 0.25) is 0 Å². The zero-order chi connectivity index (χ0) is 16.5. The van der Waals surface area contributed by atoms with E-state index in [9.17, 15) is 4.79 Å². The molecular weight excluding hydrogens is 342 g/mol. The Hall–Kier alpha value is -2.06. The molecule has 1 amide bonds. The molecule has 1 aliphatic carbocycles. The van der Waals surface area contributed by atoms with Crippen LogP contribution in [0.3, 0.4) is 0 Å². The number of amides is 1. The molecule has 6 nitrogen and oxygen atoms in total. The number of hydrogen-bond acceptors (Lipinski definition) is 6. The fourth-order valence-corrected chi connectivity index (χ4v) is 3.91. The lowest BCUT2D eigenvalue weighted by atomic mass is 10.2. The van der Waals surface area contributed by atoms with Crippen LogP contribution in [0.15, 0.2) is 23.6 Å². The lowest BCUT2D eigenvalue weighted by Crippen LogP contribution is -2.27. The summed E-state index contributed by atoms with van der Waals surface area (Å²) >= 11 is 2.83. The highest BCUT2D eigenvalue weighted by Crippen LogP contribution is 2.41. The molecule has 3 aromatic heterocycles. The van der Waals surface area contributed by atoms with Crippen molar-refractivity contribution in [2.75, 3.05) is 6.54 Å². The molecule has 3 aromatic rings. The van der Waals surface area contributed by atoms with Gasteiger partial charge in [0.1, 0.15) is 10.6 Å². The summed E-state index contributed by atoms with van der Waals surface area (Å²) in [4.78, 5) is 13.9. The van der Waals surface area contributed by atoms with Crippen LogP contribution in [0.4, 0.5) is 0 Å². The predicted octanol–water partition coefficient (Wildman–Crippen LogP) is 3.08. The third kappa shape index (κ3) is 3.11. The molecule has 1 saturated carbocycles. The predicted molar refractivity (Wildman–Crippen MR) is 94.5 cm³/mol. The van der Waals surface area contributed by atoms with Gasteiger partial charge in [0.05, 0.1) is 17.1 Å². The maximum absolute atomic E-state index is 12.1. The van der Waals surface area contributed by atoms with Crippen molar-refractivity contribution in [3.63, 3.8) is 0 Å². The van der Waals surface area contributed by atoms with Crippen LogP contribution in [0.5, 0.6) is 0 Å². The van der Waals surface area contributed by atoms with Crippen LogP contribution in [0, 0.1) is 6.92 Å². The summed E-state index contributed by atoms with van der Waals surface area (Å²) in [5.74, 6) is 0.510. The quantitative estimate of drug-likeness (QED) is 0.734. The zero-order valence-electron chi connectivity index (χ0n) is 13.2. The van der Waals surface area contributed by atoms with Crippen LogP contribution in [-0.2, 0) is 6.54 Å². The number of nitrogens with one attached hydrogen (secondary N) is 1. The second kappa shape index (κ2) is 6.45. The van der Waals surface area contributed by atoms with Gasteiger partial charge < -0.3 is 5.32 Å². The standard InChI is InChI=1S/C16H17N5OS2/c1-10-15(24-20-18-10)16(22)17-6-7-21-13(11-4-5-11)9-12(19-21)14-3-2-8-23-14/h2-3,8-9,11H,4-7H2,1H3,(H,17,22). The van der Waals surface area contributed by atoms with E-state index in [0.717, 1.165) is 17.2 Å². The molecule has 0 radical (unpaired) electrons. The van der Waals surface area contributed by atoms with E-state index in [-0.39, 0.29) is 5.91 Å². The molecule has 0 aromatic carbocycles. The van der Waals surface area contributed by atoms with Gasteiger partial charge in [0.15, 0.2) is 0 Å². The van der Waals surface area contributed by atoms with Crippen molar-refractivity contribution in [2.45, 2.75) is 32.2 Å². The fraction of sp³-hybridized carbons (Fsp3) is 0.375. The van der Waals surface area contributed by atoms with Gasteiger partial charge in [-0.3, -0.25) is 9.48 Å². The van der Waals surface area contributed by atoms with Crippen LogP contribution in [0.2, 0.25) is 0 Å². The van der Waals surface area contributed by atoms with Gasteiger partial charge in [-0.25, -0.2) is 0 Å². The Labute approximate surface area is 147 Å². The SMILES string of the molecule is Cc1nnsc1C(=O)NCCn1nc(-c2cccs2)cc1C1CC1. The molecule has 0 saturated heterocycles. The molecule has 0 spiro atoms. The van der Waals surface area contributed by atoms with Gasteiger partial charge in [-0.2, -0.15) is 5.10 Å². The normalized spacial score (nSPS) is 14.0. The molecule has 1 N–H and O–H groups in total. The summed E-state index contributed by atoms with van der Waals surface area (Å²) < 4.78 is 5.85. The molecule has 0 bridgehead atoms. The molecule has 124 valence electrons. The fourth-order valence-electron chi connectivity index (χ4n) is 2.66. The Morgan fingerprint density at radius 3 is 3.00 bits per heavy atom. The molecule has 1 fully saturated rings. The number of nitrogens with zero attached hydrogens (tertiary/aromatic N) is 4. The third-order valence-electron chi connectivity index (χ3n) is 4.05. The van der Waals surface area contributed by atoms with Crippen molar-refractivity contribution in [3.05, 3.63) is 39.8 Å². The van der Waals surface area contributed by atoms with Crippen molar-refractivity contribution in [1.29, 1.82) is 0 Å². The summed E-state index contributed by atoms with van der Waals surface area (Å²) in [5, 5.41) is 13.6. The molecule has 0 atom stereocenters. The third-order valence-corrected chi connectivity index (χ3v) is 5.77. The Morgan fingerprint density at radius 2 is 2.33 bits per heavy atom. The Balaban J connectivity index is 1.44. The molecular formula is C16H17N5OS2. The number of carbonyl (C=O) groups excluding carboxylic acids is 1. The van der Waals surface area contributed by atoms with Gasteiger partial charge in [-0.1, -0.05) is 10.6 Å². The maximum atomic E-state index is 12.1. The van der Waals surface area contributed by atoms with Gasteiger partial charge in [0.25, 0.3) is 5.91 Å². The molecule has 8 heteroatoms. The van der Waals surface area contributed by atoms with Crippen molar-refractivity contribution >= 4 is 28.8 Å². The molecule has 3 heterocycles. The second-order valence-corrected chi connectivity index (χ2v) is 7.57. The lowest BCUT2D eigenvalue weighted by molar-refractivity contribution is 0.0955. The highest BCUT2D eigenvalue weighted by atomic mass is 32.1. The summed E-state index contributed by atoms with van der Waals surface area (Å²) in [5.41, 5.74) is 2.99. The van der Waals surface area contributed by atoms with E-state index in [1.807, 2.05) is 10.7 Å². The Morgan fingerprint density at radius 1 is 1.46 bits per heavy atom. The van der Waals surface area contributed by atoms with Crippen LogP contribution in [-0.4, -0.2) is 31.8 Å².